The zero-order valence-corrected chi connectivity index (χ0v) is 16.2. The molecule has 1 fully saturated rings. The largest absolute Gasteiger partial charge is 0.449 e. The molecule has 1 aliphatic rings. The second-order valence-electron chi connectivity index (χ2n) is 6.55. The average molecular weight is 382 g/mol. The topological polar surface area (TPSA) is 92.8 Å². The van der Waals surface area contributed by atoms with Gasteiger partial charge in [0.2, 0.25) is 10.0 Å². The van der Waals surface area contributed by atoms with Crippen molar-refractivity contribution in [1.82, 2.24) is 9.62 Å². The number of nitrogens with zero attached hydrogens (tertiary/aromatic N) is 1. The van der Waals surface area contributed by atoms with Crippen LogP contribution in [0.2, 0.25) is 0 Å². The summed E-state index contributed by atoms with van der Waals surface area (Å²) in [5.41, 5.74) is 0.201. The van der Waals surface area contributed by atoms with Gasteiger partial charge < -0.3 is 10.1 Å². The number of amides is 1. The number of rotatable bonds is 6. The summed E-state index contributed by atoms with van der Waals surface area (Å²) < 4.78 is 31.9. The van der Waals surface area contributed by atoms with Gasteiger partial charge in [0.05, 0.1) is 10.5 Å². The van der Waals surface area contributed by atoms with Crippen molar-refractivity contribution < 1.29 is 22.7 Å². The van der Waals surface area contributed by atoms with Crippen molar-refractivity contribution in [3.8, 4) is 0 Å². The second kappa shape index (κ2) is 8.64. The molecule has 2 rings (SSSR count). The number of likely N-dealkylation sites (N-methyl/N-ethyl adjacent to an activating group) is 1. The minimum Gasteiger partial charge on any atom is -0.449 e. The van der Waals surface area contributed by atoms with Gasteiger partial charge in [0.15, 0.2) is 6.10 Å². The molecule has 1 aromatic carbocycles. The fourth-order valence-corrected chi connectivity index (χ4v) is 4.21. The van der Waals surface area contributed by atoms with Crippen LogP contribution in [0.4, 0.5) is 0 Å². The van der Waals surface area contributed by atoms with E-state index in [4.69, 9.17) is 4.74 Å². The summed E-state index contributed by atoms with van der Waals surface area (Å²) in [4.78, 5) is 23.9. The van der Waals surface area contributed by atoms with Crippen molar-refractivity contribution in [2.24, 2.45) is 5.92 Å². The maximum Gasteiger partial charge on any atom is 0.338 e. The van der Waals surface area contributed by atoms with Gasteiger partial charge in [-0.25, -0.2) is 13.2 Å². The van der Waals surface area contributed by atoms with E-state index in [0.29, 0.717) is 25.6 Å². The molecule has 8 heteroatoms. The van der Waals surface area contributed by atoms with Crippen molar-refractivity contribution >= 4 is 21.9 Å². The van der Waals surface area contributed by atoms with Crippen LogP contribution >= 0.6 is 0 Å². The normalized spacial score (nSPS) is 17.5. The van der Waals surface area contributed by atoms with Crippen LogP contribution in [0.3, 0.4) is 0 Å². The second-order valence-corrected chi connectivity index (χ2v) is 8.49. The van der Waals surface area contributed by atoms with E-state index in [1.54, 1.807) is 6.92 Å². The molecule has 1 heterocycles. The number of hydrogen-bond acceptors (Lipinski definition) is 5. The number of sulfonamides is 1. The van der Waals surface area contributed by atoms with Gasteiger partial charge in [0, 0.05) is 19.6 Å². The fourth-order valence-electron chi connectivity index (χ4n) is 2.74. The first-order valence-corrected chi connectivity index (χ1v) is 10.3. The van der Waals surface area contributed by atoms with Crippen LogP contribution < -0.4 is 5.32 Å². The van der Waals surface area contributed by atoms with Crippen LogP contribution in [-0.4, -0.2) is 50.3 Å². The van der Waals surface area contributed by atoms with E-state index < -0.39 is 22.1 Å². The lowest BCUT2D eigenvalue weighted by atomic mass is 10.0. The number of esters is 1. The third kappa shape index (κ3) is 4.82. The minimum atomic E-state index is -3.55. The highest BCUT2D eigenvalue weighted by Gasteiger charge is 2.28. The molecule has 0 radical (unpaired) electrons. The smallest absolute Gasteiger partial charge is 0.338 e. The molecule has 1 amide bonds. The summed E-state index contributed by atoms with van der Waals surface area (Å²) in [6.45, 7) is 6.84. The van der Waals surface area contributed by atoms with Crippen molar-refractivity contribution in [2.75, 3.05) is 19.6 Å². The fraction of sp³-hybridized carbons (Fsp3) is 0.556. The summed E-state index contributed by atoms with van der Waals surface area (Å²) in [6.07, 6.45) is 0.782. The molecule has 0 saturated carbocycles. The van der Waals surface area contributed by atoms with Crippen molar-refractivity contribution in [2.45, 2.75) is 44.6 Å². The molecule has 7 nitrogen and oxygen atoms in total. The number of piperidine rings is 1. The van der Waals surface area contributed by atoms with E-state index in [-0.39, 0.29) is 16.4 Å². The molecule has 0 spiro atoms. The van der Waals surface area contributed by atoms with Crippen LogP contribution in [0.1, 0.15) is 44.0 Å². The molecular formula is C18H26N2O5S. The lowest BCUT2D eigenvalue weighted by Crippen LogP contribution is -2.37. The number of ether oxygens (including phenoxy) is 1. The van der Waals surface area contributed by atoms with Crippen LogP contribution in [0, 0.1) is 5.92 Å². The number of carbonyl (C=O) groups is 2. The van der Waals surface area contributed by atoms with E-state index in [0.717, 1.165) is 12.8 Å². The highest BCUT2D eigenvalue weighted by Crippen LogP contribution is 2.23. The Labute approximate surface area is 154 Å². The van der Waals surface area contributed by atoms with Gasteiger partial charge in [-0.1, -0.05) is 6.92 Å². The highest BCUT2D eigenvalue weighted by atomic mass is 32.2. The predicted molar refractivity (Wildman–Crippen MR) is 97.2 cm³/mol. The van der Waals surface area contributed by atoms with Gasteiger partial charge in [-0.05, 0) is 56.9 Å². The number of benzene rings is 1. The quantitative estimate of drug-likeness (QED) is 0.757. The van der Waals surface area contributed by atoms with Crippen LogP contribution in [0.5, 0.6) is 0 Å². The molecule has 1 N–H and O–H groups in total. The molecule has 1 atom stereocenters. The summed E-state index contributed by atoms with van der Waals surface area (Å²) in [7, 11) is -3.55. The van der Waals surface area contributed by atoms with E-state index in [1.807, 2.05) is 0 Å². The summed E-state index contributed by atoms with van der Waals surface area (Å²) in [5.74, 6) is -0.510. The zero-order valence-electron chi connectivity index (χ0n) is 15.4. The number of nitrogens with one attached hydrogen (secondary N) is 1. The molecule has 0 aliphatic carbocycles. The Balaban J connectivity index is 2.05. The molecule has 1 saturated heterocycles. The number of hydrogen-bond donors (Lipinski definition) is 1. The van der Waals surface area contributed by atoms with Gasteiger partial charge in [-0.2, -0.15) is 4.31 Å². The van der Waals surface area contributed by atoms with Crippen molar-refractivity contribution in [3.63, 3.8) is 0 Å². The third-order valence-corrected chi connectivity index (χ3v) is 6.39. The maximum atomic E-state index is 12.7. The Hall–Kier alpha value is -1.93. The van der Waals surface area contributed by atoms with Crippen LogP contribution in [-0.2, 0) is 19.6 Å². The molecular weight excluding hydrogens is 356 g/mol. The molecule has 1 aliphatic heterocycles. The number of carbonyl (C=O) groups excluding carboxylic acids is 2. The van der Waals surface area contributed by atoms with Crippen LogP contribution in [0.25, 0.3) is 0 Å². The molecule has 0 aromatic heterocycles. The Morgan fingerprint density at radius 1 is 1.23 bits per heavy atom. The molecule has 0 unspecified atom stereocenters. The molecule has 1 aromatic rings. The molecule has 26 heavy (non-hydrogen) atoms. The monoisotopic (exact) mass is 382 g/mol. The first-order valence-electron chi connectivity index (χ1n) is 8.84. The van der Waals surface area contributed by atoms with Crippen molar-refractivity contribution in [1.29, 1.82) is 0 Å². The van der Waals surface area contributed by atoms with Crippen molar-refractivity contribution in [3.05, 3.63) is 29.8 Å². The standard InChI is InChI=1S/C18H26N2O5S/c1-4-19-17(21)14(3)25-18(22)15-5-7-16(8-6-15)26(23,24)20-11-9-13(2)10-12-20/h5-8,13-14H,4,9-12H2,1-3H3,(H,19,21)/t14-/m1/s1. The summed E-state index contributed by atoms with van der Waals surface area (Å²) in [5, 5.41) is 2.57. The average Bonchev–Trinajstić information content (AvgIpc) is 2.62. The van der Waals surface area contributed by atoms with E-state index in [9.17, 15) is 18.0 Å². The Morgan fingerprint density at radius 2 is 1.81 bits per heavy atom. The first kappa shape index (κ1) is 20.4. The lowest BCUT2D eigenvalue weighted by Gasteiger charge is -2.29. The van der Waals surface area contributed by atoms with Gasteiger partial charge in [0.1, 0.15) is 0 Å². The van der Waals surface area contributed by atoms with E-state index >= 15 is 0 Å². The Morgan fingerprint density at radius 3 is 2.35 bits per heavy atom. The zero-order chi connectivity index (χ0) is 19.3. The molecule has 144 valence electrons. The third-order valence-electron chi connectivity index (χ3n) is 4.47. The highest BCUT2D eigenvalue weighted by molar-refractivity contribution is 7.89. The van der Waals surface area contributed by atoms with E-state index in [2.05, 4.69) is 12.2 Å². The Bertz CT molecular complexity index is 737. The van der Waals surface area contributed by atoms with Gasteiger partial charge in [-0.15, -0.1) is 0 Å². The molecule has 0 bridgehead atoms. The summed E-state index contributed by atoms with van der Waals surface area (Å²) in [6, 6.07) is 5.62. The van der Waals surface area contributed by atoms with Gasteiger partial charge in [-0.3, -0.25) is 4.79 Å². The van der Waals surface area contributed by atoms with Gasteiger partial charge >= 0.3 is 5.97 Å². The summed E-state index contributed by atoms with van der Waals surface area (Å²) >= 11 is 0. The lowest BCUT2D eigenvalue weighted by molar-refractivity contribution is -0.128. The first-order chi connectivity index (χ1) is 12.3. The van der Waals surface area contributed by atoms with Crippen LogP contribution in [0.15, 0.2) is 29.2 Å². The Kier molecular flexibility index (Phi) is 6.77. The maximum absolute atomic E-state index is 12.7. The SMILES string of the molecule is CCNC(=O)[C@@H](C)OC(=O)c1ccc(S(=O)(=O)N2CCC(C)CC2)cc1. The van der Waals surface area contributed by atoms with E-state index in [1.165, 1.54) is 35.5 Å². The predicted octanol–water partition coefficient (Wildman–Crippen LogP) is 1.79. The van der Waals surface area contributed by atoms with Gasteiger partial charge in [0.25, 0.3) is 5.91 Å². The minimum absolute atomic E-state index is 0.153.